The van der Waals surface area contributed by atoms with Crippen LogP contribution in [0.2, 0.25) is 5.02 Å². The summed E-state index contributed by atoms with van der Waals surface area (Å²) in [6, 6.07) is 11.9. The van der Waals surface area contributed by atoms with Gasteiger partial charge in [-0.25, -0.2) is 4.90 Å². The first-order valence-electron chi connectivity index (χ1n) is 12.0. The molecule has 3 amide bonds. The van der Waals surface area contributed by atoms with Crippen LogP contribution in [0.1, 0.15) is 38.2 Å². The van der Waals surface area contributed by atoms with E-state index in [0.29, 0.717) is 33.6 Å². The number of hydrogen-bond donors (Lipinski definition) is 0. The number of imide groups is 1. The van der Waals surface area contributed by atoms with E-state index in [1.54, 1.807) is 49.4 Å². The summed E-state index contributed by atoms with van der Waals surface area (Å²) in [6.45, 7) is 4.10. The highest BCUT2D eigenvalue weighted by Gasteiger charge is 2.50. The summed E-state index contributed by atoms with van der Waals surface area (Å²) in [5, 5.41) is 0.446. The second-order valence-corrected chi connectivity index (χ2v) is 10.3. The summed E-state index contributed by atoms with van der Waals surface area (Å²) >= 11 is 6.22. The van der Waals surface area contributed by atoms with Crippen LogP contribution in [-0.4, -0.2) is 30.2 Å². The van der Waals surface area contributed by atoms with E-state index in [4.69, 9.17) is 16.3 Å². The van der Waals surface area contributed by atoms with Crippen molar-refractivity contribution >= 4 is 46.7 Å². The highest BCUT2D eigenvalue weighted by Crippen LogP contribution is 2.43. The predicted octanol–water partition coefficient (Wildman–Crippen LogP) is 4.53. The molecule has 0 radical (unpaired) electrons. The first-order chi connectivity index (χ1) is 16.7. The van der Waals surface area contributed by atoms with Crippen LogP contribution in [0.3, 0.4) is 0 Å². The van der Waals surface area contributed by atoms with Crippen molar-refractivity contribution in [3.63, 3.8) is 0 Å². The molecule has 5 rings (SSSR count). The molecule has 182 valence electrons. The van der Waals surface area contributed by atoms with Crippen LogP contribution in [-0.2, 0) is 19.2 Å². The first-order valence-corrected chi connectivity index (χ1v) is 12.4. The van der Waals surface area contributed by atoms with Crippen molar-refractivity contribution in [3.05, 3.63) is 53.1 Å². The Labute approximate surface area is 209 Å². The number of anilines is 2. The van der Waals surface area contributed by atoms with Gasteiger partial charge in [-0.05, 0) is 68.0 Å². The minimum Gasteiger partial charge on any atom is -0.426 e. The van der Waals surface area contributed by atoms with Gasteiger partial charge in [0.1, 0.15) is 5.75 Å². The summed E-state index contributed by atoms with van der Waals surface area (Å²) in [5.41, 5.74) is 1.77. The molecule has 7 nitrogen and oxygen atoms in total. The zero-order chi connectivity index (χ0) is 24.9. The van der Waals surface area contributed by atoms with Gasteiger partial charge < -0.3 is 9.64 Å². The number of nitrogens with zero attached hydrogens (tertiary/aromatic N) is 2. The zero-order valence-corrected chi connectivity index (χ0v) is 20.5. The largest absolute Gasteiger partial charge is 0.426 e. The highest BCUT2D eigenvalue weighted by atomic mass is 35.5. The smallest absolute Gasteiger partial charge is 0.316 e. The van der Waals surface area contributed by atoms with Gasteiger partial charge in [-0.3, -0.25) is 19.2 Å². The maximum Gasteiger partial charge on any atom is 0.316 e. The van der Waals surface area contributed by atoms with Crippen molar-refractivity contribution in [2.45, 2.75) is 39.5 Å². The maximum atomic E-state index is 13.1. The van der Waals surface area contributed by atoms with Gasteiger partial charge in [-0.1, -0.05) is 30.7 Å². The lowest BCUT2D eigenvalue weighted by Crippen LogP contribution is -2.31. The Bertz CT molecular complexity index is 1230. The van der Waals surface area contributed by atoms with Gasteiger partial charge in [0.2, 0.25) is 17.7 Å². The van der Waals surface area contributed by atoms with Gasteiger partial charge in [0, 0.05) is 13.0 Å². The number of carbonyl (C=O) groups is 4. The van der Waals surface area contributed by atoms with E-state index >= 15 is 0 Å². The molecule has 35 heavy (non-hydrogen) atoms. The van der Waals surface area contributed by atoms with Gasteiger partial charge in [0.25, 0.3) is 0 Å². The van der Waals surface area contributed by atoms with Crippen LogP contribution >= 0.6 is 11.6 Å². The summed E-state index contributed by atoms with van der Waals surface area (Å²) in [6.07, 6.45) is 2.48. The van der Waals surface area contributed by atoms with Crippen LogP contribution in [0.5, 0.6) is 5.75 Å². The first kappa shape index (κ1) is 23.5. The second-order valence-electron chi connectivity index (χ2n) is 9.87. The summed E-state index contributed by atoms with van der Waals surface area (Å²) < 4.78 is 5.58. The second kappa shape index (κ2) is 9.11. The van der Waals surface area contributed by atoms with Crippen LogP contribution in [0.4, 0.5) is 11.4 Å². The fourth-order valence-corrected chi connectivity index (χ4v) is 5.78. The number of hydrogen-bond acceptors (Lipinski definition) is 5. The predicted molar refractivity (Wildman–Crippen MR) is 131 cm³/mol. The van der Waals surface area contributed by atoms with Crippen molar-refractivity contribution in [2.24, 2.45) is 23.7 Å². The monoisotopic (exact) mass is 494 g/mol. The van der Waals surface area contributed by atoms with Gasteiger partial charge in [-0.15, -0.1) is 0 Å². The van der Waals surface area contributed by atoms with E-state index in [1.165, 1.54) is 9.80 Å². The number of carbonyl (C=O) groups excluding carboxylic acids is 4. The normalized spacial score (nSPS) is 26.3. The molecule has 8 heteroatoms. The fraction of sp³-hybridized carbons (Fsp3) is 0.407. The van der Waals surface area contributed by atoms with Crippen molar-refractivity contribution in [1.82, 2.24) is 0 Å². The molecule has 1 aliphatic carbocycles. The van der Waals surface area contributed by atoms with E-state index in [9.17, 15) is 19.2 Å². The Hall–Kier alpha value is -3.19. The molecule has 2 aromatic rings. The van der Waals surface area contributed by atoms with Crippen molar-refractivity contribution in [2.75, 3.05) is 16.3 Å². The van der Waals surface area contributed by atoms with Crippen LogP contribution in [0.25, 0.3) is 0 Å². The molecule has 0 aromatic heterocycles. The molecule has 2 saturated heterocycles. The van der Waals surface area contributed by atoms with Gasteiger partial charge >= 0.3 is 5.97 Å². The molecular weight excluding hydrogens is 468 g/mol. The molecule has 0 spiro atoms. The number of amides is 3. The Balaban J connectivity index is 1.29. The van der Waals surface area contributed by atoms with Crippen LogP contribution in [0, 0.1) is 30.6 Å². The van der Waals surface area contributed by atoms with E-state index in [2.05, 4.69) is 6.92 Å². The van der Waals surface area contributed by atoms with E-state index in [1.807, 2.05) is 0 Å². The molecule has 3 fully saturated rings. The van der Waals surface area contributed by atoms with Crippen molar-refractivity contribution < 1.29 is 23.9 Å². The zero-order valence-electron chi connectivity index (χ0n) is 19.7. The third-order valence-corrected chi connectivity index (χ3v) is 7.74. The molecule has 0 unspecified atom stereocenters. The number of rotatable bonds is 4. The average Bonchev–Trinajstić information content (AvgIpc) is 3.32. The third kappa shape index (κ3) is 4.22. The van der Waals surface area contributed by atoms with Crippen LogP contribution < -0.4 is 14.5 Å². The lowest BCUT2D eigenvalue weighted by atomic mass is 9.76. The number of para-hydroxylation sites is 1. The van der Waals surface area contributed by atoms with E-state index < -0.39 is 11.9 Å². The quantitative estimate of drug-likeness (QED) is 0.354. The molecule has 0 bridgehead atoms. The molecule has 0 N–H and O–H groups in total. The highest BCUT2D eigenvalue weighted by molar-refractivity contribution is 6.34. The van der Waals surface area contributed by atoms with Crippen LogP contribution in [0.15, 0.2) is 42.5 Å². The van der Waals surface area contributed by atoms with Crippen molar-refractivity contribution in [3.8, 4) is 5.75 Å². The molecule has 2 aromatic carbocycles. The van der Waals surface area contributed by atoms with Gasteiger partial charge in [-0.2, -0.15) is 0 Å². The molecule has 3 aliphatic rings. The Kier molecular flexibility index (Phi) is 6.13. The summed E-state index contributed by atoms with van der Waals surface area (Å²) in [5.74, 6) is -1.32. The molecule has 2 aliphatic heterocycles. The standard InChI is InChI=1S/C27H27ClN2O5/c1-15-7-9-19-20(11-15)26(33)30(25(19)32)22-10-8-18(12-16(22)2)35-27(34)17-13-24(31)29(14-17)23-6-4-3-5-21(23)28/h3-6,8,10,12,15,17,19-20H,7,9,11,13-14H2,1-2H3/t15-,17-,19-,20-/m1/s1. The van der Waals surface area contributed by atoms with E-state index in [0.717, 1.165) is 19.3 Å². The summed E-state index contributed by atoms with van der Waals surface area (Å²) in [7, 11) is 0. The average molecular weight is 495 g/mol. The minimum absolute atomic E-state index is 0.0408. The Morgan fingerprint density at radius 2 is 1.74 bits per heavy atom. The Morgan fingerprint density at radius 3 is 2.49 bits per heavy atom. The topological polar surface area (TPSA) is 84.0 Å². The lowest BCUT2D eigenvalue weighted by molar-refractivity contribution is -0.139. The fourth-order valence-electron chi connectivity index (χ4n) is 5.54. The number of aryl methyl sites for hydroxylation is 1. The molecule has 2 heterocycles. The number of fused-ring (bicyclic) bond motifs is 1. The molecule has 1 saturated carbocycles. The number of benzene rings is 2. The lowest BCUT2D eigenvalue weighted by Gasteiger charge is -2.25. The maximum absolute atomic E-state index is 13.1. The van der Waals surface area contributed by atoms with Gasteiger partial charge in [0.15, 0.2) is 0 Å². The number of ether oxygens (including phenoxy) is 1. The third-order valence-electron chi connectivity index (χ3n) is 7.42. The summed E-state index contributed by atoms with van der Waals surface area (Å²) in [4.78, 5) is 54.2. The van der Waals surface area contributed by atoms with Gasteiger partial charge in [0.05, 0.1) is 34.2 Å². The van der Waals surface area contributed by atoms with E-state index in [-0.39, 0.29) is 42.5 Å². The Morgan fingerprint density at radius 1 is 1.00 bits per heavy atom. The minimum atomic E-state index is -0.620. The molecule has 4 atom stereocenters. The van der Waals surface area contributed by atoms with Crippen molar-refractivity contribution in [1.29, 1.82) is 0 Å². The molecular formula is C27H27ClN2O5. The SMILES string of the molecule is Cc1cc(OC(=O)[C@@H]2CC(=O)N(c3ccccc3Cl)C2)ccc1N1C(=O)[C@@H]2CC[C@@H](C)C[C@H]2C1=O. The number of halogens is 1. The number of esters is 1.